The molecule has 4 nitrogen and oxygen atoms in total. The number of nitrogens with one attached hydrogen (secondary N) is 1. The highest BCUT2D eigenvalue weighted by Crippen LogP contribution is 2.20. The summed E-state index contributed by atoms with van der Waals surface area (Å²) in [6.07, 6.45) is 0. The van der Waals surface area contributed by atoms with Gasteiger partial charge >= 0.3 is 0 Å². The van der Waals surface area contributed by atoms with Gasteiger partial charge in [0.1, 0.15) is 0 Å². The summed E-state index contributed by atoms with van der Waals surface area (Å²) < 4.78 is 0. The van der Waals surface area contributed by atoms with Gasteiger partial charge in [-0.2, -0.15) is 0 Å². The van der Waals surface area contributed by atoms with Crippen molar-refractivity contribution in [1.29, 1.82) is 0 Å². The summed E-state index contributed by atoms with van der Waals surface area (Å²) >= 11 is 5.95. The molecule has 0 saturated carbocycles. The number of carbonyl (C=O) groups is 2. The molecule has 0 radical (unpaired) electrons. The first-order chi connectivity index (χ1) is 9.49. The van der Waals surface area contributed by atoms with Crippen LogP contribution in [-0.4, -0.2) is 11.9 Å². The number of halogens is 1. The molecule has 0 atom stereocenters. The Balaban J connectivity index is 2.25. The van der Waals surface area contributed by atoms with Gasteiger partial charge in [0.2, 0.25) is 0 Å². The van der Waals surface area contributed by atoms with Gasteiger partial charge < -0.3 is 15.2 Å². The number of hydrogen-bond acceptors (Lipinski definition) is 3. The molecule has 1 N–H and O–H groups in total. The maximum Gasteiger partial charge on any atom is 0.257 e. The highest BCUT2D eigenvalue weighted by atomic mass is 35.5. The van der Waals surface area contributed by atoms with Crippen LogP contribution in [-0.2, 0) is 0 Å². The van der Waals surface area contributed by atoms with Crippen LogP contribution in [0.2, 0.25) is 5.02 Å². The summed E-state index contributed by atoms with van der Waals surface area (Å²) in [5.74, 6) is -1.60. The second-order valence-electron chi connectivity index (χ2n) is 4.25. The van der Waals surface area contributed by atoms with Gasteiger partial charge in [0.25, 0.3) is 5.91 Å². The van der Waals surface area contributed by atoms with Crippen LogP contribution in [0.3, 0.4) is 0 Å². The lowest BCUT2D eigenvalue weighted by atomic mass is 10.1. The molecular weight excluding hydrogens is 278 g/mol. The molecule has 0 aromatic heterocycles. The van der Waals surface area contributed by atoms with Gasteiger partial charge in [0.05, 0.1) is 16.6 Å². The van der Waals surface area contributed by atoms with Gasteiger partial charge in [0.15, 0.2) is 0 Å². The Kier molecular flexibility index (Phi) is 4.05. The van der Waals surface area contributed by atoms with Crippen LogP contribution in [0.15, 0.2) is 42.5 Å². The van der Waals surface area contributed by atoms with Crippen molar-refractivity contribution in [3.8, 4) is 0 Å². The quantitative estimate of drug-likeness (QED) is 0.942. The molecule has 0 spiro atoms. The van der Waals surface area contributed by atoms with Crippen molar-refractivity contribution in [1.82, 2.24) is 0 Å². The summed E-state index contributed by atoms with van der Waals surface area (Å²) in [4.78, 5) is 22.8. The van der Waals surface area contributed by atoms with E-state index in [4.69, 9.17) is 11.6 Å². The van der Waals surface area contributed by atoms with Crippen LogP contribution < -0.4 is 10.4 Å². The summed E-state index contributed by atoms with van der Waals surface area (Å²) in [5, 5.41) is 13.8. The number of amides is 1. The zero-order chi connectivity index (χ0) is 14.7. The van der Waals surface area contributed by atoms with Crippen LogP contribution >= 0.6 is 11.6 Å². The number of hydrogen-bond donors (Lipinski definition) is 1. The maximum absolute atomic E-state index is 12.1. The molecule has 0 aliphatic carbocycles. The number of aromatic carboxylic acids is 1. The smallest absolute Gasteiger partial charge is 0.257 e. The lowest BCUT2D eigenvalue weighted by molar-refractivity contribution is -0.255. The molecule has 0 aliphatic heterocycles. The van der Waals surface area contributed by atoms with Gasteiger partial charge in [-0.05, 0) is 42.3 Å². The average Bonchev–Trinajstić information content (AvgIpc) is 2.41. The van der Waals surface area contributed by atoms with E-state index < -0.39 is 5.97 Å². The number of carboxylic acid groups (broad SMARTS) is 1. The van der Waals surface area contributed by atoms with Crippen molar-refractivity contribution in [2.24, 2.45) is 0 Å². The Morgan fingerprint density at radius 3 is 2.45 bits per heavy atom. The molecule has 5 heteroatoms. The lowest BCUT2D eigenvalue weighted by Crippen LogP contribution is -2.22. The molecule has 0 unspecified atom stereocenters. The molecule has 0 heterocycles. The van der Waals surface area contributed by atoms with Gasteiger partial charge in [-0.15, -0.1) is 0 Å². The first kappa shape index (κ1) is 14.1. The lowest BCUT2D eigenvalue weighted by Gasteiger charge is -2.11. The fourth-order valence-electron chi connectivity index (χ4n) is 1.77. The number of anilines is 1. The van der Waals surface area contributed by atoms with E-state index in [0.717, 1.165) is 0 Å². The topological polar surface area (TPSA) is 69.2 Å². The van der Waals surface area contributed by atoms with Gasteiger partial charge in [-0.3, -0.25) is 4.79 Å². The van der Waals surface area contributed by atoms with Crippen molar-refractivity contribution in [2.45, 2.75) is 6.92 Å². The Bertz CT molecular complexity index is 683. The summed E-state index contributed by atoms with van der Waals surface area (Å²) in [5.41, 5.74) is 1.59. The third-order valence-corrected chi connectivity index (χ3v) is 3.16. The molecule has 0 saturated heterocycles. The van der Waals surface area contributed by atoms with Crippen LogP contribution in [0.1, 0.15) is 26.3 Å². The first-order valence-corrected chi connectivity index (χ1v) is 6.24. The van der Waals surface area contributed by atoms with E-state index in [0.29, 0.717) is 21.8 Å². The predicted octanol–water partition coefficient (Wildman–Crippen LogP) is 2.26. The predicted molar refractivity (Wildman–Crippen MR) is 74.9 cm³/mol. The Morgan fingerprint density at radius 2 is 1.85 bits per heavy atom. The Hall–Kier alpha value is -2.33. The maximum atomic E-state index is 12.1. The normalized spacial score (nSPS) is 10.1. The zero-order valence-electron chi connectivity index (χ0n) is 10.6. The second-order valence-corrected chi connectivity index (χ2v) is 4.66. The minimum absolute atomic E-state index is 0.0678. The van der Waals surface area contributed by atoms with Crippen LogP contribution in [0.4, 0.5) is 5.69 Å². The van der Waals surface area contributed by atoms with Gasteiger partial charge in [-0.25, -0.2) is 0 Å². The largest absolute Gasteiger partial charge is 0.545 e. The van der Waals surface area contributed by atoms with E-state index in [2.05, 4.69) is 5.32 Å². The Labute approximate surface area is 121 Å². The molecule has 2 aromatic carbocycles. The van der Waals surface area contributed by atoms with Crippen molar-refractivity contribution in [2.75, 3.05) is 5.32 Å². The highest BCUT2D eigenvalue weighted by molar-refractivity contribution is 6.34. The van der Waals surface area contributed by atoms with Gasteiger partial charge in [-0.1, -0.05) is 29.8 Å². The van der Waals surface area contributed by atoms with Crippen molar-refractivity contribution in [3.05, 3.63) is 64.2 Å². The summed E-state index contributed by atoms with van der Waals surface area (Å²) in [7, 11) is 0. The fraction of sp³-hybridized carbons (Fsp3) is 0.0667. The minimum atomic E-state index is -1.25. The van der Waals surface area contributed by atoms with E-state index in [1.54, 1.807) is 31.2 Å². The third kappa shape index (κ3) is 2.97. The third-order valence-electron chi connectivity index (χ3n) is 2.83. The highest BCUT2D eigenvalue weighted by Gasteiger charge is 2.11. The standard InChI is InChI=1S/C15H12ClNO3/c1-9-8-10(15(19)20)6-7-13(9)17-14(18)11-4-2-3-5-12(11)16/h2-8H,1H3,(H,17,18)(H,19,20)/p-1. The van der Waals surface area contributed by atoms with E-state index >= 15 is 0 Å². The van der Waals surface area contributed by atoms with Crippen molar-refractivity contribution >= 4 is 29.2 Å². The van der Waals surface area contributed by atoms with Crippen LogP contribution in [0.25, 0.3) is 0 Å². The van der Waals surface area contributed by atoms with Crippen molar-refractivity contribution in [3.63, 3.8) is 0 Å². The average molecular weight is 289 g/mol. The van der Waals surface area contributed by atoms with Crippen LogP contribution in [0, 0.1) is 6.92 Å². The molecule has 102 valence electrons. The molecule has 0 bridgehead atoms. The van der Waals surface area contributed by atoms with E-state index in [1.807, 2.05) is 0 Å². The number of benzene rings is 2. The molecule has 0 aliphatic rings. The van der Waals surface area contributed by atoms with E-state index in [-0.39, 0.29) is 11.5 Å². The number of rotatable bonds is 3. The van der Waals surface area contributed by atoms with Crippen LogP contribution in [0.5, 0.6) is 0 Å². The zero-order valence-corrected chi connectivity index (χ0v) is 11.4. The van der Waals surface area contributed by atoms with Crippen molar-refractivity contribution < 1.29 is 14.7 Å². The monoisotopic (exact) mass is 288 g/mol. The fourth-order valence-corrected chi connectivity index (χ4v) is 1.99. The molecule has 0 fully saturated rings. The molecule has 20 heavy (non-hydrogen) atoms. The second kappa shape index (κ2) is 5.75. The van der Waals surface area contributed by atoms with Gasteiger partial charge in [0, 0.05) is 5.69 Å². The first-order valence-electron chi connectivity index (χ1n) is 5.87. The number of carbonyl (C=O) groups excluding carboxylic acids is 2. The molecule has 1 amide bonds. The summed E-state index contributed by atoms with van der Waals surface area (Å²) in [6, 6.07) is 11.0. The minimum Gasteiger partial charge on any atom is -0.545 e. The number of carboxylic acids is 1. The Morgan fingerprint density at radius 1 is 1.15 bits per heavy atom. The molecule has 2 rings (SSSR count). The molecule has 2 aromatic rings. The number of aryl methyl sites for hydroxylation is 1. The molecular formula is C15H11ClNO3-. The van der Waals surface area contributed by atoms with E-state index in [9.17, 15) is 14.7 Å². The SMILES string of the molecule is Cc1cc(C(=O)[O-])ccc1NC(=O)c1ccccc1Cl. The van der Waals surface area contributed by atoms with E-state index in [1.165, 1.54) is 18.2 Å². The summed E-state index contributed by atoms with van der Waals surface area (Å²) in [6.45, 7) is 1.70.